The Morgan fingerprint density at radius 3 is 1.18 bits per heavy atom. The van der Waals surface area contributed by atoms with Crippen LogP contribution in [0.3, 0.4) is 0 Å². The summed E-state index contributed by atoms with van der Waals surface area (Å²) in [6.07, 6.45) is 23.4. The van der Waals surface area contributed by atoms with E-state index in [2.05, 4.69) is 97.9 Å². The van der Waals surface area contributed by atoms with Gasteiger partial charge in [-0.3, -0.25) is 0 Å². The number of hydrogen-bond acceptors (Lipinski definition) is 0. The summed E-state index contributed by atoms with van der Waals surface area (Å²) in [5.41, 5.74) is 3.70. The second-order valence-electron chi connectivity index (χ2n) is 11.5. The van der Waals surface area contributed by atoms with Crippen molar-refractivity contribution in [1.82, 2.24) is 0 Å². The molecule has 0 N–H and O–H groups in total. The zero-order chi connectivity index (χ0) is 27.4. The van der Waals surface area contributed by atoms with Crippen LogP contribution in [0.2, 0.25) is 0 Å². The second kappa shape index (κ2) is 19.1. The summed E-state index contributed by atoms with van der Waals surface area (Å²) in [6, 6.07) is 32.4. The van der Waals surface area contributed by atoms with Crippen molar-refractivity contribution in [3.05, 3.63) is 108 Å². The molecule has 0 nitrogen and oxygen atoms in total. The summed E-state index contributed by atoms with van der Waals surface area (Å²) in [5, 5.41) is 0. The lowest BCUT2D eigenvalue weighted by Crippen LogP contribution is -2.29. The monoisotopic (exact) mass is 544 g/mol. The average molecular weight is 545 g/mol. The molecule has 212 valence electrons. The van der Waals surface area contributed by atoms with Gasteiger partial charge in [0.15, 0.2) is 0 Å². The maximum Gasteiger partial charge on any atom is 0.101 e. The summed E-state index contributed by atoms with van der Waals surface area (Å²) in [5.74, 6) is 0.219. The van der Waals surface area contributed by atoms with E-state index in [0.717, 1.165) is 6.42 Å². The minimum atomic E-state index is -0.584. The third-order valence-corrected chi connectivity index (χ3v) is 9.12. The van der Waals surface area contributed by atoms with Crippen LogP contribution in [0.25, 0.3) is 0 Å². The first kappa shape index (κ1) is 31.5. The lowest BCUT2D eigenvalue weighted by Gasteiger charge is -2.37. The lowest BCUT2D eigenvalue weighted by molar-refractivity contribution is 0.470. The Bertz CT molecular complexity index is 926. The Morgan fingerprint density at radius 1 is 0.462 bits per heavy atom. The smallest absolute Gasteiger partial charge is 0.101 e. The maximum atomic E-state index is 7.76. The third-order valence-electron chi connectivity index (χ3n) is 8.42. The molecule has 1 atom stereocenters. The molecule has 3 rings (SSSR count). The van der Waals surface area contributed by atoms with Crippen molar-refractivity contribution in [2.75, 3.05) is 0 Å². The number of halogens is 1. The summed E-state index contributed by atoms with van der Waals surface area (Å²) in [6.45, 7) is 2.30. The molecule has 39 heavy (non-hydrogen) atoms. The average Bonchev–Trinajstić information content (AvgIpc) is 3.00. The molecule has 0 aliphatic rings. The first-order valence-electron chi connectivity index (χ1n) is 16.1. The Labute approximate surface area is 245 Å². The highest BCUT2D eigenvalue weighted by atomic mass is 35.5. The summed E-state index contributed by atoms with van der Waals surface area (Å²) >= 11 is 7.76. The van der Waals surface area contributed by atoms with Crippen molar-refractivity contribution in [3.63, 3.8) is 0 Å². The van der Waals surface area contributed by atoms with Crippen LogP contribution in [0.5, 0.6) is 0 Å². The maximum absolute atomic E-state index is 7.76. The fourth-order valence-corrected chi connectivity index (χ4v) is 6.59. The van der Waals surface area contributed by atoms with E-state index in [9.17, 15) is 0 Å². The van der Waals surface area contributed by atoms with E-state index in [1.807, 2.05) is 0 Å². The van der Waals surface area contributed by atoms with Crippen molar-refractivity contribution in [3.8, 4) is 0 Å². The predicted octanol–water partition coefficient (Wildman–Crippen LogP) is 12.6. The van der Waals surface area contributed by atoms with Crippen LogP contribution in [-0.2, 0) is 4.87 Å². The molecule has 0 bridgehead atoms. The largest absolute Gasteiger partial charge is 0.108 e. The molecule has 3 aromatic carbocycles. The molecule has 1 heteroatoms. The van der Waals surface area contributed by atoms with Crippen LogP contribution in [0.1, 0.15) is 139 Å². The highest BCUT2D eigenvalue weighted by Crippen LogP contribution is 2.50. The molecular weight excluding hydrogens is 492 g/mol. The van der Waals surface area contributed by atoms with Gasteiger partial charge in [0.05, 0.1) is 0 Å². The van der Waals surface area contributed by atoms with Crippen LogP contribution < -0.4 is 0 Å². The van der Waals surface area contributed by atoms with Gasteiger partial charge in [-0.2, -0.15) is 0 Å². The molecule has 0 aliphatic heterocycles. The van der Waals surface area contributed by atoms with Crippen LogP contribution in [-0.4, -0.2) is 0 Å². The zero-order valence-corrected chi connectivity index (χ0v) is 25.4. The van der Waals surface area contributed by atoms with E-state index >= 15 is 0 Å². The van der Waals surface area contributed by atoms with Gasteiger partial charge < -0.3 is 0 Å². The topological polar surface area (TPSA) is 0 Å². The Kier molecular flexibility index (Phi) is 15.4. The molecule has 0 amide bonds. The van der Waals surface area contributed by atoms with Gasteiger partial charge in [0, 0.05) is 5.92 Å². The van der Waals surface area contributed by atoms with E-state index in [1.165, 1.54) is 119 Å². The van der Waals surface area contributed by atoms with Gasteiger partial charge in [-0.1, -0.05) is 201 Å². The van der Waals surface area contributed by atoms with Gasteiger partial charge in [-0.25, -0.2) is 0 Å². The van der Waals surface area contributed by atoms with Crippen LogP contribution >= 0.6 is 11.6 Å². The summed E-state index contributed by atoms with van der Waals surface area (Å²) in [4.78, 5) is -0.584. The molecule has 0 spiro atoms. The second-order valence-corrected chi connectivity index (χ2v) is 12.1. The number of benzene rings is 3. The Balaban J connectivity index is 1.43. The number of hydrogen-bond donors (Lipinski definition) is 0. The summed E-state index contributed by atoms with van der Waals surface area (Å²) < 4.78 is 0. The van der Waals surface area contributed by atoms with Crippen molar-refractivity contribution >= 4 is 11.6 Å². The first-order valence-corrected chi connectivity index (χ1v) is 16.5. The Morgan fingerprint density at radius 2 is 0.795 bits per heavy atom. The number of unbranched alkanes of at least 4 members (excludes halogenated alkanes) is 15. The third kappa shape index (κ3) is 10.8. The van der Waals surface area contributed by atoms with Crippen molar-refractivity contribution in [2.24, 2.45) is 0 Å². The lowest BCUT2D eigenvalue weighted by atomic mass is 9.74. The van der Waals surface area contributed by atoms with Crippen molar-refractivity contribution in [2.45, 2.75) is 127 Å². The molecule has 0 aromatic heterocycles. The number of rotatable bonds is 21. The zero-order valence-electron chi connectivity index (χ0n) is 24.6. The van der Waals surface area contributed by atoms with Gasteiger partial charge >= 0.3 is 0 Å². The molecule has 0 saturated carbocycles. The highest BCUT2D eigenvalue weighted by Gasteiger charge is 2.40. The standard InChI is InChI=1S/C38H53Cl/c1-2-3-4-5-6-7-8-9-10-11-12-13-14-15-16-26-33-37(34-27-20-17-21-28-34)38(39,35-29-22-18-23-30-35)36-31-24-19-25-32-36/h17-25,27-32,37H,2-16,26,33H2,1H3. The normalized spacial score (nSPS) is 12.5. The van der Waals surface area contributed by atoms with Crippen LogP contribution in [0, 0.1) is 0 Å². The molecule has 0 saturated heterocycles. The van der Waals surface area contributed by atoms with Crippen molar-refractivity contribution in [1.29, 1.82) is 0 Å². The molecular formula is C38H53Cl. The molecule has 1 unspecified atom stereocenters. The summed E-state index contributed by atoms with van der Waals surface area (Å²) in [7, 11) is 0. The quantitative estimate of drug-likeness (QED) is 0.0923. The van der Waals surface area contributed by atoms with E-state index in [0.29, 0.717) is 0 Å². The fraction of sp³-hybridized carbons (Fsp3) is 0.526. The predicted molar refractivity (Wildman–Crippen MR) is 173 cm³/mol. The van der Waals surface area contributed by atoms with Gasteiger partial charge in [0.25, 0.3) is 0 Å². The molecule has 0 heterocycles. The van der Waals surface area contributed by atoms with E-state index in [1.54, 1.807) is 0 Å². The van der Waals surface area contributed by atoms with Gasteiger partial charge in [-0.05, 0) is 23.1 Å². The van der Waals surface area contributed by atoms with Crippen molar-refractivity contribution < 1.29 is 0 Å². The van der Waals surface area contributed by atoms with E-state index in [4.69, 9.17) is 11.6 Å². The van der Waals surface area contributed by atoms with Crippen LogP contribution in [0.15, 0.2) is 91.0 Å². The molecule has 3 aromatic rings. The first-order chi connectivity index (χ1) is 19.3. The van der Waals surface area contributed by atoms with Gasteiger partial charge in [0.2, 0.25) is 0 Å². The SMILES string of the molecule is CCCCCCCCCCCCCCCCCCC(c1ccccc1)C(Cl)(c1ccccc1)c1ccccc1. The minimum Gasteiger partial charge on any atom is -0.108 e. The van der Waals surface area contributed by atoms with Crippen LogP contribution in [0.4, 0.5) is 0 Å². The molecule has 0 fully saturated rings. The Hall–Kier alpha value is -2.05. The molecule has 0 radical (unpaired) electrons. The minimum absolute atomic E-state index is 0.219. The fourth-order valence-electron chi connectivity index (χ4n) is 6.11. The van der Waals surface area contributed by atoms with E-state index in [-0.39, 0.29) is 5.92 Å². The van der Waals surface area contributed by atoms with Gasteiger partial charge in [0.1, 0.15) is 4.87 Å². The number of alkyl halides is 1. The molecule has 0 aliphatic carbocycles. The highest BCUT2D eigenvalue weighted by molar-refractivity contribution is 6.26. The van der Waals surface area contributed by atoms with Gasteiger partial charge in [-0.15, -0.1) is 11.6 Å². The van der Waals surface area contributed by atoms with E-state index < -0.39 is 4.87 Å².